The Morgan fingerprint density at radius 3 is 2.71 bits per heavy atom. The molecule has 2 aromatic heterocycles. The lowest BCUT2D eigenvalue weighted by Gasteiger charge is -2.34. The minimum atomic E-state index is -0.130. The molecular weight excluding hydrogens is 352 g/mol. The van der Waals surface area contributed by atoms with Crippen LogP contribution in [-0.2, 0) is 11.3 Å². The number of likely N-dealkylation sites (tertiary alicyclic amines) is 1. The van der Waals surface area contributed by atoms with Crippen molar-refractivity contribution in [1.29, 1.82) is 0 Å². The fraction of sp³-hybridized carbons (Fsp3) is 0.364. The highest BCUT2D eigenvalue weighted by Crippen LogP contribution is 2.22. The Morgan fingerprint density at radius 1 is 1.21 bits per heavy atom. The lowest BCUT2D eigenvalue weighted by atomic mass is 10.0. The van der Waals surface area contributed by atoms with Crippen molar-refractivity contribution in [1.82, 2.24) is 14.7 Å². The van der Waals surface area contributed by atoms with E-state index in [-0.39, 0.29) is 11.9 Å². The minimum Gasteiger partial charge on any atom is -0.468 e. The van der Waals surface area contributed by atoms with Crippen LogP contribution in [0.1, 0.15) is 36.4 Å². The highest BCUT2D eigenvalue weighted by atomic mass is 16.3. The molecule has 3 aromatic rings. The van der Waals surface area contributed by atoms with Crippen LogP contribution in [0.25, 0.3) is 5.69 Å². The van der Waals surface area contributed by atoms with Crippen molar-refractivity contribution >= 4 is 11.6 Å². The summed E-state index contributed by atoms with van der Waals surface area (Å²) in [6.45, 7) is 5.60. The summed E-state index contributed by atoms with van der Waals surface area (Å²) in [7, 11) is 0. The van der Waals surface area contributed by atoms with Gasteiger partial charge in [-0.1, -0.05) is 6.42 Å². The fourth-order valence-corrected chi connectivity index (χ4v) is 3.88. The van der Waals surface area contributed by atoms with Crippen molar-refractivity contribution in [2.45, 2.75) is 45.7 Å². The molecule has 1 aromatic carbocycles. The Kier molecular flexibility index (Phi) is 5.30. The highest BCUT2D eigenvalue weighted by Gasteiger charge is 2.29. The number of nitrogens with zero attached hydrogens (tertiary/aromatic N) is 3. The molecule has 28 heavy (non-hydrogen) atoms. The SMILES string of the molecule is Cc1cc(C)n(-c2ccc(NC(=O)[C@H]3CCCCN3Cc3ccco3)cc2)n1. The van der Waals surface area contributed by atoms with E-state index in [2.05, 4.69) is 15.3 Å². The maximum absolute atomic E-state index is 12.9. The van der Waals surface area contributed by atoms with Crippen LogP contribution >= 0.6 is 0 Å². The van der Waals surface area contributed by atoms with Gasteiger partial charge in [0.25, 0.3) is 0 Å². The maximum atomic E-state index is 12.9. The molecule has 1 aliphatic heterocycles. The van der Waals surface area contributed by atoms with Crippen molar-refractivity contribution < 1.29 is 9.21 Å². The zero-order chi connectivity index (χ0) is 19.5. The molecule has 0 saturated carbocycles. The Labute approximate surface area is 165 Å². The smallest absolute Gasteiger partial charge is 0.241 e. The molecule has 1 aliphatic rings. The van der Waals surface area contributed by atoms with Gasteiger partial charge in [0.05, 0.1) is 30.2 Å². The Bertz CT molecular complexity index is 928. The Hall–Kier alpha value is -2.86. The third kappa shape index (κ3) is 4.02. The first-order valence-electron chi connectivity index (χ1n) is 9.81. The lowest BCUT2D eigenvalue weighted by Crippen LogP contribution is -2.46. The van der Waals surface area contributed by atoms with E-state index in [0.29, 0.717) is 6.54 Å². The van der Waals surface area contributed by atoms with Crippen LogP contribution in [0.15, 0.2) is 53.1 Å². The van der Waals surface area contributed by atoms with Crippen molar-refractivity contribution in [2.24, 2.45) is 0 Å². The number of benzene rings is 1. The zero-order valence-electron chi connectivity index (χ0n) is 16.4. The first-order valence-corrected chi connectivity index (χ1v) is 9.81. The summed E-state index contributed by atoms with van der Waals surface area (Å²) in [6, 6.07) is 13.6. The van der Waals surface area contributed by atoms with Gasteiger partial charge in [0, 0.05) is 11.4 Å². The van der Waals surface area contributed by atoms with Crippen LogP contribution in [0.3, 0.4) is 0 Å². The topological polar surface area (TPSA) is 63.3 Å². The summed E-state index contributed by atoms with van der Waals surface area (Å²) < 4.78 is 7.38. The van der Waals surface area contributed by atoms with Gasteiger partial charge in [-0.05, 0) is 75.7 Å². The van der Waals surface area contributed by atoms with Gasteiger partial charge in [0.1, 0.15) is 5.76 Å². The molecule has 6 nitrogen and oxygen atoms in total. The third-order valence-electron chi connectivity index (χ3n) is 5.24. The van der Waals surface area contributed by atoms with E-state index in [9.17, 15) is 4.79 Å². The minimum absolute atomic E-state index is 0.0464. The highest BCUT2D eigenvalue weighted by molar-refractivity contribution is 5.95. The average molecular weight is 378 g/mol. The second-order valence-electron chi connectivity index (χ2n) is 7.44. The van der Waals surface area contributed by atoms with Crippen molar-refractivity contribution in [3.8, 4) is 5.69 Å². The van der Waals surface area contributed by atoms with Gasteiger partial charge in [0.2, 0.25) is 5.91 Å². The van der Waals surface area contributed by atoms with Gasteiger partial charge in [-0.2, -0.15) is 5.10 Å². The number of piperidine rings is 1. The van der Waals surface area contributed by atoms with Gasteiger partial charge in [-0.25, -0.2) is 4.68 Å². The zero-order valence-corrected chi connectivity index (χ0v) is 16.4. The van der Waals surface area contributed by atoms with Crippen molar-refractivity contribution in [3.63, 3.8) is 0 Å². The van der Waals surface area contributed by atoms with Gasteiger partial charge in [-0.3, -0.25) is 9.69 Å². The van der Waals surface area contributed by atoms with Crippen LogP contribution in [-0.4, -0.2) is 33.2 Å². The predicted octanol–water partition coefficient (Wildman–Crippen LogP) is 4.08. The molecule has 1 fully saturated rings. The monoisotopic (exact) mass is 378 g/mol. The maximum Gasteiger partial charge on any atom is 0.241 e. The summed E-state index contributed by atoms with van der Waals surface area (Å²) in [5.41, 5.74) is 3.87. The largest absolute Gasteiger partial charge is 0.468 e. The summed E-state index contributed by atoms with van der Waals surface area (Å²) in [6.07, 6.45) is 4.74. The second kappa shape index (κ2) is 8.02. The Morgan fingerprint density at radius 2 is 2.04 bits per heavy atom. The molecule has 0 unspecified atom stereocenters. The van der Waals surface area contributed by atoms with E-state index < -0.39 is 0 Å². The van der Waals surface area contributed by atoms with E-state index in [1.807, 2.05) is 61.0 Å². The van der Waals surface area contributed by atoms with Crippen LogP contribution in [0.4, 0.5) is 5.69 Å². The summed E-state index contributed by atoms with van der Waals surface area (Å²) in [5, 5.41) is 7.58. The fourth-order valence-electron chi connectivity index (χ4n) is 3.88. The Balaban J connectivity index is 1.44. The first-order chi connectivity index (χ1) is 13.6. The third-order valence-corrected chi connectivity index (χ3v) is 5.24. The van der Waals surface area contributed by atoms with Crippen molar-refractivity contribution in [3.05, 3.63) is 65.9 Å². The number of carbonyl (C=O) groups is 1. The van der Waals surface area contributed by atoms with Crippen LogP contribution in [0.5, 0.6) is 0 Å². The molecule has 1 saturated heterocycles. The molecule has 0 spiro atoms. The average Bonchev–Trinajstić information content (AvgIpc) is 3.32. The number of amides is 1. The number of aromatic nitrogens is 2. The van der Waals surface area contributed by atoms with Crippen LogP contribution < -0.4 is 5.32 Å². The number of rotatable bonds is 5. The number of hydrogen-bond donors (Lipinski definition) is 1. The van der Waals surface area contributed by atoms with Crippen LogP contribution in [0, 0.1) is 13.8 Å². The summed E-state index contributed by atoms with van der Waals surface area (Å²) in [5.74, 6) is 0.944. The molecule has 1 N–H and O–H groups in total. The summed E-state index contributed by atoms with van der Waals surface area (Å²) >= 11 is 0. The molecule has 4 rings (SSSR count). The number of aryl methyl sites for hydroxylation is 2. The molecular formula is C22H26N4O2. The molecule has 3 heterocycles. The van der Waals surface area contributed by atoms with E-state index in [0.717, 1.165) is 54.3 Å². The molecule has 0 bridgehead atoms. The summed E-state index contributed by atoms with van der Waals surface area (Å²) in [4.78, 5) is 15.1. The number of furan rings is 1. The van der Waals surface area contributed by atoms with E-state index in [1.54, 1.807) is 6.26 Å². The molecule has 0 radical (unpaired) electrons. The van der Waals surface area contributed by atoms with Gasteiger partial charge >= 0.3 is 0 Å². The molecule has 1 amide bonds. The normalized spacial score (nSPS) is 17.6. The number of nitrogens with one attached hydrogen (secondary N) is 1. The van der Waals surface area contributed by atoms with Gasteiger partial charge in [0.15, 0.2) is 0 Å². The molecule has 0 aliphatic carbocycles. The quantitative estimate of drug-likeness (QED) is 0.727. The van der Waals surface area contributed by atoms with Gasteiger partial charge in [-0.15, -0.1) is 0 Å². The van der Waals surface area contributed by atoms with Gasteiger partial charge < -0.3 is 9.73 Å². The number of carbonyl (C=O) groups excluding carboxylic acids is 1. The van der Waals surface area contributed by atoms with E-state index in [4.69, 9.17) is 4.42 Å². The molecule has 146 valence electrons. The molecule has 1 atom stereocenters. The van der Waals surface area contributed by atoms with E-state index in [1.165, 1.54) is 0 Å². The second-order valence-corrected chi connectivity index (χ2v) is 7.44. The van der Waals surface area contributed by atoms with Crippen molar-refractivity contribution in [2.75, 3.05) is 11.9 Å². The standard InChI is InChI=1S/C22H26N4O2/c1-16-14-17(2)26(24-16)19-10-8-18(9-11-19)23-22(27)21-7-3-4-12-25(21)15-20-6-5-13-28-20/h5-6,8-11,13-14,21H,3-4,7,12,15H2,1-2H3,(H,23,27)/t21-/m1/s1. The van der Waals surface area contributed by atoms with Crippen LogP contribution in [0.2, 0.25) is 0 Å². The first kappa shape index (κ1) is 18.5. The number of hydrogen-bond acceptors (Lipinski definition) is 4. The number of anilines is 1. The lowest BCUT2D eigenvalue weighted by molar-refractivity contribution is -0.122. The molecule has 6 heteroatoms. The van der Waals surface area contributed by atoms with E-state index >= 15 is 0 Å². The predicted molar refractivity (Wildman–Crippen MR) is 108 cm³/mol.